The minimum atomic E-state index is -0.539. The lowest BCUT2D eigenvalue weighted by Crippen LogP contribution is -2.36. The van der Waals surface area contributed by atoms with Gasteiger partial charge in [-0.15, -0.1) is 0 Å². The highest BCUT2D eigenvalue weighted by Crippen LogP contribution is 2.30. The maximum atomic E-state index is 11.8. The van der Waals surface area contributed by atoms with Crippen molar-refractivity contribution >= 4 is 12.0 Å². The highest BCUT2D eigenvalue weighted by atomic mass is 16.6. The number of nitrogens with one attached hydrogen (secondary N) is 2. The van der Waals surface area contributed by atoms with Crippen molar-refractivity contribution in [3.05, 3.63) is 59.7 Å². The fourth-order valence-corrected chi connectivity index (χ4v) is 2.46. The molecule has 7 nitrogen and oxygen atoms in total. The monoisotopic (exact) mass is 356 g/mol. The third kappa shape index (κ3) is 4.44. The van der Waals surface area contributed by atoms with Crippen LogP contribution >= 0.6 is 0 Å². The van der Waals surface area contributed by atoms with E-state index in [9.17, 15) is 9.59 Å². The molecule has 136 valence electrons. The number of hydrogen-bond donors (Lipinski definition) is 2. The van der Waals surface area contributed by atoms with Crippen LogP contribution in [0.25, 0.3) is 0 Å². The standard InChI is InChI=1S/C19H20N2O5/c1-20-18(22)14-8-6-13(7-9-14)10-21-19(23)25-12-15-11-24-16-4-2-3-5-17(16)26-15/h2-9,15H,10-12H2,1H3,(H,20,22)(H,21,23). The Morgan fingerprint density at radius 3 is 2.58 bits per heavy atom. The second-order valence-electron chi connectivity index (χ2n) is 5.73. The largest absolute Gasteiger partial charge is 0.486 e. The summed E-state index contributed by atoms with van der Waals surface area (Å²) in [5, 5.41) is 5.22. The highest BCUT2D eigenvalue weighted by Gasteiger charge is 2.21. The molecule has 2 aromatic rings. The van der Waals surface area contributed by atoms with Crippen molar-refractivity contribution in [3.63, 3.8) is 0 Å². The minimum absolute atomic E-state index is 0.0930. The van der Waals surface area contributed by atoms with Crippen LogP contribution in [0, 0.1) is 0 Å². The van der Waals surface area contributed by atoms with Gasteiger partial charge in [0.25, 0.3) is 5.91 Å². The number of ether oxygens (including phenoxy) is 3. The maximum absolute atomic E-state index is 11.8. The van der Waals surface area contributed by atoms with Gasteiger partial charge < -0.3 is 24.8 Å². The summed E-state index contributed by atoms with van der Waals surface area (Å²) in [4.78, 5) is 23.3. The Morgan fingerprint density at radius 1 is 1.12 bits per heavy atom. The predicted molar refractivity (Wildman–Crippen MR) is 94.4 cm³/mol. The van der Waals surface area contributed by atoms with Crippen molar-refractivity contribution in [1.29, 1.82) is 0 Å². The third-order valence-corrected chi connectivity index (χ3v) is 3.85. The van der Waals surface area contributed by atoms with Gasteiger partial charge in [0.05, 0.1) is 0 Å². The van der Waals surface area contributed by atoms with Gasteiger partial charge >= 0.3 is 6.09 Å². The van der Waals surface area contributed by atoms with Crippen molar-refractivity contribution in [2.24, 2.45) is 0 Å². The molecule has 0 aromatic heterocycles. The fourth-order valence-electron chi connectivity index (χ4n) is 2.46. The SMILES string of the molecule is CNC(=O)c1ccc(CNC(=O)OCC2COc3ccccc3O2)cc1. The number of para-hydroxylation sites is 2. The zero-order valence-corrected chi connectivity index (χ0v) is 14.4. The van der Waals surface area contributed by atoms with E-state index in [4.69, 9.17) is 14.2 Å². The van der Waals surface area contributed by atoms with E-state index in [0.717, 1.165) is 5.56 Å². The number of benzene rings is 2. The first-order valence-corrected chi connectivity index (χ1v) is 8.26. The lowest BCUT2D eigenvalue weighted by molar-refractivity contribution is 0.0334. The highest BCUT2D eigenvalue weighted by molar-refractivity contribution is 5.93. The molecule has 7 heteroatoms. The van der Waals surface area contributed by atoms with Gasteiger partial charge in [-0.3, -0.25) is 4.79 Å². The van der Waals surface area contributed by atoms with Gasteiger partial charge in [-0.1, -0.05) is 24.3 Å². The van der Waals surface area contributed by atoms with Crippen LogP contribution in [0.2, 0.25) is 0 Å². The van der Waals surface area contributed by atoms with E-state index in [2.05, 4.69) is 10.6 Å². The summed E-state index contributed by atoms with van der Waals surface area (Å²) < 4.78 is 16.5. The summed E-state index contributed by atoms with van der Waals surface area (Å²) in [6.07, 6.45) is -0.884. The van der Waals surface area contributed by atoms with Crippen LogP contribution in [0.4, 0.5) is 4.79 Å². The topological polar surface area (TPSA) is 85.9 Å². The molecule has 2 amide bonds. The predicted octanol–water partition coefficient (Wildman–Crippen LogP) is 2.11. The molecule has 0 fully saturated rings. The first-order valence-electron chi connectivity index (χ1n) is 8.26. The summed E-state index contributed by atoms with van der Waals surface area (Å²) in [6.45, 7) is 0.721. The Morgan fingerprint density at radius 2 is 1.85 bits per heavy atom. The normalized spacial score (nSPS) is 15.0. The van der Waals surface area contributed by atoms with Crippen LogP contribution in [-0.2, 0) is 11.3 Å². The summed E-state index contributed by atoms with van der Waals surface area (Å²) in [5.74, 6) is 1.18. The zero-order valence-electron chi connectivity index (χ0n) is 14.4. The molecule has 0 saturated carbocycles. The first-order chi connectivity index (χ1) is 12.7. The molecule has 26 heavy (non-hydrogen) atoms. The molecule has 0 spiro atoms. The second-order valence-corrected chi connectivity index (χ2v) is 5.73. The number of amides is 2. The van der Waals surface area contributed by atoms with Crippen molar-refractivity contribution in [2.75, 3.05) is 20.3 Å². The molecule has 2 aromatic carbocycles. The molecule has 0 saturated heterocycles. The van der Waals surface area contributed by atoms with Gasteiger partial charge in [-0.05, 0) is 29.8 Å². The average molecular weight is 356 g/mol. The molecule has 2 N–H and O–H groups in total. The van der Waals surface area contributed by atoms with Crippen LogP contribution in [0.3, 0.4) is 0 Å². The number of rotatable bonds is 5. The van der Waals surface area contributed by atoms with Gasteiger partial charge in [-0.2, -0.15) is 0 Å². The number of carbonyl (C=O) groups is 2. The second kappa shape index (κ2) is 8.24. The van der Waals surface area contributed by atoms with E-state index in [1.165, 1.54) is 0 Å². The summed E-state index contributed by atoms with van der Waals surface area (Å²) >= 11 is 0. The van der Waals surface area contributed by atoms with E-state index >= 15 is 0 Å². The Balaban J connectivity index is 1.41. The molecular formula is C19H20N2O5. The van der Waals surface area contributed by atoms with Crippen LogP contribution in [-0.4, -0.2) is 38.4 Å². The average Bonchev–Trinajstić information content (AvgIpc) is 2.70. The molecule has 1 unspecified atom stereocenters. The molecule has 0 bridgehead atoms. The van der Waals surface area contributed by atoms with E-state index in [-0.39, 0.29) is 18.6 Å². The maximum Gasteiger partial charge on any atom is 0.407 e. The Bertz CT molecular complexity index is 776. The molecule has 1 aliphatic heterocycles. The first kappa shape index (κ1) is 17.6. The van der Waals surface area contributed by atoms with Gasteiger partial charge in [0.1, 0.15) is 13.2 Å². The zero-order chi connectivity index (χ0) is 18.4. The van der Waals surface area contributed by atoms with Gasteiger partial charge in [0.2, 0.25) is 0 Å². The Hall–Kier alpha value is -3.22. The summed E-state index contributed by atoms with van der Waals surface area (Å²) in [7, 11) is 1.58. The van der Waals surface area contributed by atoms with Crippen molar-refractivity contribution in [1.82, 2.24) is 10.6 Å². The number of carbonyl (C=O) groups excluding carboxylic acids is 2. The number of hydrogen-bond acceptors (Lipinski definition) is 5. The lowest BCUT2D eigenvalue weighted by Gasteiger charge is -2.26. The quantitative estimate of drug-likeness (QED) is 0.857. The van der Waals surface area contributed by atoms with E-state index in [1.54, 1.807) is 31.3 Å². The molecule has 1 aliphatic rings. The van der Waals surface area contributed by atoms with E-state index in [1.807, 2.05) is 24.3 Å². The third-order valence-electron chi connectivity index (χ3n) is 3.85. The molecule has 1 heterocycles. The molecule has 0 radical (unpaired) electrons. The fraction of sp³-hybridized carbons (Fsp3) is 0.263. The van der Waals surface area contributed by atoms with Crippen molar-refractivity contribution < 1.29 is 23.8 Å². The van der Waals surface area contributed by atoms with E-state index in [0.29, 0.717) is 30.2 Å². The van der Waals surface area contributed by atoms with Crippen molar-refractivity contribution in [2.45, 2.75) is 12.6 Å². The van der Waals surface area contributed by atoms with E-state index < -0.39 is 6.09 Å². The smallest absolute Gasteiger partial charge is 0.407 e. The van der Waals surface area contributed by atoms with Crippen LogP contribution in [0.15, 0.2) is 48.5 Å². The number of alkyl carbamates (subject to hydrolysis) is 1. The van der Waals surface area contributed by atoms with Crippen LogP contribution in [0.5, 0.6) is 11.5 Å². The number of fused-ring (bicyclic) bond motifs is 1. The lowest BCUT2D eigenvalue weighted by atomic mass is 10.1. The summed E-state index contributed by atoms with van der Waals surface area (Å²) in [6, 6.07) is 14.3. The molecule has 1 atom stereocenters. The summed E-state index contributed by atoms with van der Waals surface area (Å²) in [5.41, 5.74) is 1.43. The van der Waals surface area contributed by atoms with Gasteiger partial charge in [0.15, 0.2) is 17.6 Å². The molecule has 0 aliphatic carbocycles. The Kier molecular flexibility index (Phi) is 5.58. The molecule has 3 rings (SSSR count). The van der Waals surface area contributed by atoms with Crippen LogP contribution in [0.1, 0.15) is 15.9 Å². The van der Waals surface area contributed by atoms with Crippen LogP contribution < -0.4 is 20.1 Å². The Labute approximate surface area is 151 Å². The molecular weight excluding hydrogens is 336 g/mol. The van der Waals surface area contributed by atoms with Crippen molar-refractivity contribution in [3.8, 4) is 11.5 Å². The minimum Gasteiger partial charge on any atom is -0.486 e. The van der Waals surface area contributed by atoms with Gasteiger partial charge in [-0.25, -0.2) is 4.79 Å². The van der Waals surface area contributed by atoms with Gasteiger partial charge in [0, 0.05) is 19.2 Å².